The summed E-state index contributed by atoms with van der Waals surface area (Å²) < 4.78 is 5.60. The third kappa shape index (κ3) is 3.30. The van der Waals surface area contributed by atoms with Crippen LogP contribution in [-0.4, -0.2) is 21.0 Å². The summed E-state index contributed by atoms with van der Waals surface area (Å²) in [5, 5.41) is 9.65. The van der Waals surface area contributed by atoms with Crippen molar-refractivity contribution in [1.29, 1.82) is 0 Å². The SMILES string of the molecule is O=C(O)c1cnc(-c2ccccc2)nc1Oc1ccccc1Cl. The van der Waals surface area contributed by atoms with Crippen LogP contribution in [0.1, 0.15) is 10.4 Å². The van der Waals surface area contributed by atoms with Gasteiger partial charge in [0.15, 0.2) is 5.82 Å². The number of benzene rings is 2. The maximum Gasteiger partial charge on any atom is 0.342 e. The minimum absolute atomic E-state index is 0.0561. The first-order valence-corrected chi connectivity index (χ1v) is 7.11. The molecule has 0 aliphatic rings. The van der Waals surface area contributed by atoms with Gasteiger partial charge in [-0.1, -0.05) is 54.1 Å². The average Bonchev–Trinajstić information content (AvgIpc) is 2.57. The molecule has 23 heavy (non-hydrogen) atoms. The van der Waals surface area contributed by atoms with Crippen LogP contribution in [0.25, 0.3) is 11.4 Å². The summed E-state index contributed by atoms with van der Waals surface area (Å²) in [5.41, 5.74) is 0.623. The number of hydrogen-bond donors (Lipinski definition) is 1. The van der Waals surface area contributed by atoms with Crippen molar-refractivity contribution >= 4 is 17.6 Å². The van der Waals surface area contributed by atoms with E-state index in [2.05, 4.69) is 9.97 Å². The van der Waals surface area contributed by atoms with E-state index in [1.54, 1.807) is 24.3 Å². The number of para-hydroxylation sites is 1. The summed E-state index contributed by atoms with van der Waals surface area (Å²) in [6, 6.07) is 16.0. The maximum absolute atomic E-state index is 11.4. The Morgan fingerprint density at radius 3 is 2.43 bits per heavy atom. The van der Waals surface area contributed by atoms with Crippen molar-refractivity contribution in [2.45, 2.75) is 0 Å². The standard InChI is InChI=1S/C17H11ClN2O3/c18-13-8-4-5-9-14(13)23-16-12(17(21)22)10-19-15(20-16)11-6-2-1-3-7-11/h1-10H,(H,21,22). The minimum atomic E-state index is -1.17. The number of ether oxygens (including phenoxy) is 1. The third-order valence-corrected chi connectivity index (χ3v) is 3.37. The number of nitrogens with zero attached hydrogens (tertiary/aromatic N) is 2. The number of aromatic carboxylic acids is 1. The van der Waals surface area contributed by atoms with Crippen LogP contribution >= 0.6 is 11.6 Å². The normalized spacial score (nSPS) is 10.3. The fourth-order valence-electron chi connectivity index (χ4n) is 1.95. The summed E-state index contributed by atoms with van der Waals surface area (Å²) in [4.78, 5) is 19.7. The molecule has 0 radical (unpaired) electrons. The Balaban J connectivity index is 2.06. The number of rotatable bonds is 4. The van der Waals surface area contributed by atoms with Crippen molar-refractivity contribution in [1.82, 2.24) is 9.97 Å². The van der Waals surface area contributed by atoms with E-state index >= 15 is 0 Å². The minimum Gasteiger partial charge on any atom is -0.477 e. The lowest BCUT2D eigenvalue weighted by atomic mass is 10.2. The molecule has 0 spiro atoms. The summed E-state index contributed by atoms with van der Waals surface area (Å²) >= 11 is 6.05. The molecular weight excluding hydrogens is 316 g/mol. The molecule has 0 aliphatic carbocycles. The van der Waals surface area contributed by atoms with E-state index in [1.165, 1.54) is 6.20 Å². The van der Waals surface area contributed by atoms with Gasteiger partial charge in [-0.05, 0) is 12.1 Å². The van der Waals surface area contributed by atoms with Gasteiger partial charge in [0.05, 0.1) is 5.02 Å². The number of carboxylic acid groups (broad SMARTS) is 1. The molecule has 0 saturated heterocycles. The smallest absolute Gasteiger partial charge is 0.342 e. The highest BCUT2D eigenvalue weighted by atomic mass is 35.5. The Morgan fingerprint density at radius 1 is 1.04 bits per heavy atom. The van der Waals surface area contributed by atoms with E-state index in [0.717, 1.165) is 5.56 Å². The molecule has 0 fully saturated rings. The Kier molecular flexibility index (Phi) is 4.21. The highest BCUT2D eigenvalue weighted by molar-refractivity contribution is 6.32. The second kappa shape index (κ2) is 6.46. The van der Waals surface area contributed by atoms with Gasteiger partial charge < -0.3 is 9.84 Å². The van der Waals surface area contributed by atoms with Crippen molar-refractivity contribution in [3.8, 4) is 23.0 Å². The molecule has 0 aliphatic heterocycles. The first-order valence-electron chi connectivity index (χ1n) is 6.73. The molecule has 0 atom stereocenters. The number of carboxylic acids is 1. The van der Waals surface area contributed by atoms with Crippen molar-refractivity contribution in [2.24, 2.45) is 0 Å². The fourth-order valence-corrected chi connectivity index (χ4v) is 2.12. The molecule has 0 saturated carbocycles. The highest BCUT2D eigenvalue weighted by Gasteiger charge is 2.17. The number of carbonyl (C=O) groups is 1. The van der Waals surface area contributed by atoms with E-state index in [0.29, 0.717) is 16.6 Å². The van der Waals surface area contributed by atoms with E-state index in [4.69, 9.17) is 16.3 Å². The van der Waals surface area contributed by atoms with Gasteiger partial charge in [-0.2, -0.15) is 4.98 Å². The third-order valence-electron chi connectivity index (χ3n) is 3.06. The van der Waals surface area contributed by atoms with E-state index < -0.39 is 5.97 Å². The molecule has 1 N–H and O–H groups in total. The molecule has 0 amide bonds. The average molecular weight is 327 g/mol. The molecule has 5 nitrogen and oxygen atoms in total. The quantitative estimate of drug-likeness (QED) is 0.774. The Bertz CT molecular complexity index is 853. The van der Waals surface area contributed by atoms with E-state index in [-0.39, 0.29) is 11.4 Å². The van der Waals surface area contributed by atoms with Crippen LogP contribution in [0, 0.1) is 0 Å². The second-order valence-corrected chi connectivity index (χ2v) is 5.02. The van der Waals surface area contributed by atoms with Gasteiger partial charge in [0.1, 0.15) is 11.3 Å². The van der Waals surface area contributed by atoms with Crippen LogP contribution in [0.2, 0.25) is 5.02 Å². The summed E-state index contributed by atoms with van der Waals surface area (Å²) in [6.45, 7) is 0. The largest absolute Gasteiger partial charge is 0.477 e. The highest BCUT2D eigenvalue weighted by Crippen LogP contribution is 2.30. The molecule has 6 heteroatoms. The molecular formula is C17H11ClN2O3. The van der Waals surface area contributed by atoms with Crippen LogP contribution in [0.15, 0.2) is 60.8 Å². The summed E-state index contributed by atoms with van der Waals surface area (Å²) in [5.74, 6) is -0.529. The molecule has 3 aromatic rings. The van der Waals surface area contributed by atoms with Crippen molar-refractivity contribution in [3.05, 3.63) is 71.4 Å². The lowest BCUT2D eigenvalue weighted by molar-refractivity contribution is 0.0693. The topological polar surface area (TPSA) is 72.3 Å². The predicted molar refractivity (Wildman–Crippen MR) is 86.0 cm³/mol. The second-order valence-electron chi connectivity index (χ2n) is 4.62. The zero-order valence-electron chi connectivity index (χ0n) is 11.8. The van der Waals surface area contributed by atoms with Crippen molar-refractivity contribution in [2.75, 3.05) is 0 Å². The Hall–Kier alpha value is -2.92. The van der Waals surface area contributed by atoms with Gasteiger partial charge in [0.2, 0.25) is 5.88 Å². The molecule has 2 aromatic carbocycles. The van der Waals surface area contributed by atoms with Gasteiger partial charge in [-0.3, -0.25) is 0 Å². The number of halogens is 1. The first-order chi connectivity index (χ1) is 11.1. The molecule has 1 heterocycles. The lowest BCUT2D eigenvalue weighted by Crippen LogP contribution is -2.05. The van der Waals surface area contributed by atoms with Gasteiger partial charge in [0.25, 0.3) is 0 Å². The van der Waals surface area contributed by atoms with Crippen LogP contribution in [0.3, 0.4) is 0 Å². The van der Waals surface area contributed by atoms with Gasteiger partial charge in [-0.15, -0.1) is 0 Å². The molecule has 3 rings (SSSR count). The molecule has 0 unspecified atom stereocenters. The zero-order chi connectivity index (χ0) is 16.2. The van der Waals surface area contributed by atoms with Gasteiger partial charge >= 0.3 is 5.97 Å². The van der Waals surface area contributed by atoms with Crippen molar-refractivity contribution < 1.29 is 14.6 Å². The number of aromatic nitrogens is 2. The Labute approximate surface area is 137 Å². The van der Waals surface area contributed by atoms with E-state index in [1.807, 2.05) is 30.3 Å². The predicted octanol–water partition coefficient (Wildman–Crippen LogP) is 4.29. The van der Waals surface area contributed by atoms with Gasteiger partial charge in [-0.25, -0.2) is 9.78 Å². The summed E-state index contributed by atoms with van der Waals surface area (Å²) in [6.07, 6.45) is 1.23. The molecule has 1 aromatic heterocycles. The number of hydrogen-bond acceptors (Lipinski definition) is 4. The zero-order valence-corrected chi connectivity index (χ0v) is 12.6. The van der Waals surface area contributed by atoms with Gasteiger partial charge in [0, 0.05) is 11.8 Å². The Morgan fingerprint density at radius 2 is 1.74 bits per heavy atom. The summed E-state index contributed by atoms with van der Waals surface area (Å²) in [7, 11) is 0. The molecule has 0 bridgehead atoms. The fraction of sp³-hybridized carbons (Fsp3) is 0. The van der Waals surface area contributed by atoms with Crippen LogP contribution < -0.4 is 4.74 Å². The first kappa shape index (κ1) is 15.0. The van der Waals surface area contributed by atoms with E-state index in [9.17, 15) is 9.90 Å². The van der Waals surface area contributed by atoms with Crippen molar-refractivity contribution in [3.63, 3.8) is 0 Å². The van der Waals surface area contributed by atoms with Crippen LogP contribution in [0.4, 0.5) is 0 Å². The molecule has 114 valence electrons. The van der Waals surface area contributed by atoms with Crippen LogP contribution in [0.5, 0.6) is 11.6 Å². The maximum atomic E-state index is 11.4. The van der Waals surface area contributed by atoms with Crippen LogP contribution in [-0.2, 0) is 0 Å². The lowest BCUT2D eigenvalue weighted by Gasteiger charge is -2.10. The monoisotopic (exact) mass is 326 g/mol.